The lowest BCUT2D eigenvalue weighted by Crippen LogP contribution is -2.36. The molecule has 1 aromatic carbocycles. The maximum Gasteiger partial charge on any atom is 0.227 e. The van der Waals surface area contributed by atoms with Crippen LogP contribution in [0.15, 0.2) is 24.3 Å². The Kier molecular flexibility index (Phi) is 4.37. The SMILES string of the molecule is CCC(N)CCCN1C(=O)CCc2ccccc21. The third kappa shape index (κ3) is 2.91. The van der Waals surface area contributed by atoms with Gasteiger partial charge >= 0.3 is 0 Å². The molecule has 0 saturated heterocycles. The number of carbonyl (C=O) groups is 1. The number of fused-ring (bicyclic) bond motifs is 1. The molecule has 2 N–H and O–H groups in total. The van der Waals surface area contributed by atoms with E-state index in [9.17, 15) is 4.79 Å². The molecule has 0 aromatic heterocycles. The number of hydrogen-bond donors (Lipinski definition) is 1. The van der Waals surface area contributed by atoms with Crippen molar-refractivity contribution in [1.82, 2.24) is 0 Å². The van der Waals surface area contributed by atoms with Crippen LogP contribution < -0.4 is 10.6 Å². The molecule has 1 amide bonds. The summed E-state index contributed by atoms with van der Waals surface area (Å²) in [4.78, 5) is 13.9. The molecule has 1 heterocycles. The Morgan fingerprint density at radius 3 is 2.89 bits per heavy atom. The van der Waals surface area contributed by atoms with Gasteiger partial charge in [0.25, 0.3) is 0 Å². The van der Waals surface area contributed by atoms with E-state index in [1.807, 2.05) is 23.1 Å². The first kappa shape index (κ1) is 13.1. The van der Waals surface area contributed by atoms with Gasteiger partial charge in [-0.05, 0) is 37.3 Å². The first-order valence-corrected chi connectivity index (χ1v) is 6.86. The highest BCUT2D eigenvalue weighted by atomic mass is 16.2. The summed E-state index contributed by atoms with van der Waals surface area (Å²) >= 11 is 0. The highest BCUT2D eigenvalue weighted by Crippen LogP contribution is 2.27. The van der Waals surface area contributed by atoms with Crippen LogP contribution in [0.5, 0.6) is 0 Å². The van der Waals surface area contributed by atoms with Gasteiger partial charge in [0.15, 0.2) is 0 Å². The molecule has 3 nitrogen and oxygen atoms in total. The topological polar surface area (TPSA) is 46.3 Å². The van der Waals surface area contributed by atoms with Gasteiger partial charge in [0.1, 0.15) is 0 Å². The zero-order chi connectivity index (χ0) is 13.0. The van der Waals surface area contributed by atoms with Crippen molar-refractivity contribution in [1.29, 1.82) is 0 Å². The lowest BCUT2D eigenvalue weighted by Gasteiger charge is -2.29. The van der Waals surface area contributed by atoms with Gasteiger partial charge in [0.05, 0.1) is 0 Å². The fourth-order valence-corrected chi connectivity index (χ4v) is 2.46. The molecule has 0 spiro atoms. The van der Waals surface area contributed by atoms with E-state index in [2.05, 4.69) is 13.0 Å². The van der Waals surface area contributed by atoms with Gasteiger partial charge in [-0.25, -0.2) is 0 Å². The number of nitrogens with zero attached hydrogens (tertiary/aromatic N) is 1. The van der Waals surface area contributed by atoms with E-state index < -0.39 is 0 Å². The fourth-order valence-electron chi connectivity index (χ4n) is 2.46. The summed E-state index contributed by atoms with van der Waals surface area (Å²) in [5.74, 6) is 0.249. The standard InChI is InChI=1S/C15H22N2O/c1-2-13(16)7-5-11-17-14-8-4-3-6-12(14)9-10-15(17)18/h3-4,6,8,13H,2,5,7,9-11,16H2,1H3. The van der Waals surface area contributed by atoms with Crippen LogP contribution in [-0.4, -0.2) is 18.5 Å². The summed E-state index contributed by atoms with van der Waals surface area (Å²) in [6, 6.07) is 8.47. The molecule has 0 radical (unpaired) electrons. The summed E-state index contributed by atoms with van der Waals surface area (Å²) in [6.45, 7) is 2.90. The summed E-state index contributed by atoms with van der Waals surface area (Å²) in [7, 11) is 0. The Morgan fingerprint density at radius 1 is 1.33 bits per heavy atom. The van der Waals surface area contributed by atoms with Crippen LogP contribution in [0.4, 0.5) is 5.69 Å². The van der Waals surface area contributed by atoms with Crippen LogP contribution in [-0.2, 0) is 11.2 Å². The molecule has 0 fully saturated rings. The van der Waals surface area contributed by atoms with Crippen molar-refractivity contribution >= 4 is 11.6 Å². The summed E-state index contributed by atoms with van der Waals surface area (Å²) in [5.41, 5.74) is 8.30. The number of rotatable bonds is 5. The predicted molar refractivity (Wildman–Crippen MR) is 74.6 cm³/mol. The number of anilines is 1. The smallest absolute Gasteiger partial charge is 0.227 e. The number of aryl methyl sites for hydroxylation is 1. The first-order chi connectivity index (χ1) is 8.72. The van der Waals surface area contributed by atoms with Crippen LogP contribution in [0, 0.1) is 0 Å². The Morgan fingerprint density at radius 2 is 2.11 bits per heavy atom. The number of benzene rings is 1. The van der Waals surface area contributed by atoms with Crippen molar-refractivity contribution in [2.75, 3.05) is 11.4 Å². The van der Waals surface area contributed by atoms with E-state index in [0.29, 0.717) is 6.42 Å². The van der Waals surface area contributed by atoms with E-state index in [0.717, 1.165) is 37.9 Å². The molecule has 0 aliphatic carbocycles. The quantitative estimate of drug-likeness (QED) is 0.867. The van der Waals surface area contributed by atoms with Crippen molar-refractivity contribution in [3.05, 3.63) is 29.8 Å². The summed E-state index contributed by atoms with van der Waals surface area (Å²) in [6.07, 6.45) is 4.49. The van der Waals surface area contributed by atoms with Crippen molar-refractivity contribution < 1.29 is 4.79 Å². The minimum atomic E-state index is 0.249. The van der Waals surface area contributed by atoms with E-state index in [1.54, 1.807) is 0 Å². The molecule has 1 aliphatic heterocycles. The van der Waals surface area contributed by atoms with Crippen molar-refractivity contribution in [3.8, 4) is 0 Å². The third-order valence-corrected chi connectivity index (χ3v) is 3.67. The minimum absolute atomic E-state index is 0.249. The minimum Gasteiger partial charge on any atom is -0.328 e. The summed E-state index contributed by atoms with van der Waals surface area (Å²) < 4.78 is 0. The van der Waals surface area contributed by atoms with Gasteiger partial charge in [0, 0.05) is 24.7 Å². The van der Waals surface area contributed by atoms with Crippen molar-refractivity contribution in [2.45, 2.75) is 45.1 Å². The van der Waals surface area contributed by atoms with Gasteiger partial charge in [-0.15, -0.1) is 0 Å². The monoisotopic (exact) mass is 246 g/mol. The van der Waals surface area contributed by atoms with Gasteiger partial charge in [0.2, 0.25) is 5.91 Å². The molecule has 0 saturated carbocycles. The van der Waals surface area contributed by atoms with Crippen LogP contribution in [0.1, 0.15) is 38.2 Å². The maximum absolute atomic E-state index is 12.0. The molecule has 1 aromatic rings. The number of amides is 1. The Balaban J connectivity index is 2.01. The molecule has 1 unspecified atom stereocenters. The second-order valence-electron chi connectivity index (χ2n) is 4.98. The molecule has 1 atom stereocenters. The van der Waals surface area contributed by atoms with Crippen LogP contribution >= 0.6 is 0 Å². The largest absolute Gasteiger partial charge is 0.328 e. The number of para-hydroxylation sites is 1. The van der Waals surface area contributed by atoms with Crippen LogP contribution in [0.25, 0.3) is 0 Å². The van der Waals surface area contributed by atoms with Crippen LogP contribution in [0.2, 0.25) is 0 Å². The molecule has 1 aliphatic rings. The molecule has 18 heavy (non-hydrogen) atoms. The summed E-state index contributed by atoms with van der Waals surface area (Å²) in [5, 5.41) is 0. The number of nitrogens with two attached hydrogens (primary N) is 1. The third-order valence-electron chi connectivity index (χ3n) is 3.67. The predicted octanol–water partition coefficient (Wildman–Crippen LogP) is 2.48. The highest BCUT2D eigenvalue weighted by Gasteiger charge is 2.23. The van der Waals surface area contributed by atoms with Gasteiger partial charge in [-0.1, -0.05) is 25.1 Å². The lowest BCUT2D eigenvalue weighted by molar-refractivity contribution is -0.118. The first-order valence-electron chi connectivity index (χ1n) is 6.86. The zero-order valence-corrected chi connectivity index (χ0v) is 11.1. The van der Waals surface area contributed by atoms with Gasteiger partial charge in [-0.2, -0.15) is 0 Å². The number of hydrogen-bond acceptors (Lipinski definition) is 2. The molecular formula is C15H22N2O. The van der Waals surface area contributed by atoms with Gasteiger partial charge in [-0.3, -0.25) is 4.79 Å². The average molecular weight is 246 g/mol. The Bertz CT molecular complexity index is 417. The lowest BCUT2D eigenvalue weighted by atomic mass is 10.0. The van der Waals surface area contributed by atoms with E-state index >= 15 is 0 Å². The second-order valence-corrected chi connectivity index (χ2v) is 4.98. The average Bonchev–Trinajstić information content (AvgIpc) is 2.41. The van der Waals surface area contributed by atoms with E-state index in [1.165, 1.54) is 5.56 Å². The maximum atomic E-state index is 12.0. The second kappa shape index (κ2) is 6.01. The highest BCUT2D eigenvalue weighted by molar-refractivity contribution is 5.96. The molecule has 0 bridgehead atoms. The molecule has 2 rings (SSSR count). The van der Waals surface area contributed by atoms with Gasteiger partial charge < -0.3 is 10.6 Å². The Hall–Kier alpha value is -1.35. The molecule has 3 heteroatoms. The van der Waals surface area contributed by atoms with E-state index in [-0.39, 0.29) is 11.9 Å². The number of carbonyl (C=O) groups excluding carboxylic acids is 1. The normalized spacial score (nSPS) is 16.6. The van der Waals surface area contributed by atoms with Crippen LogP contribution in [0.3, 0.4) is 0 Å². The molecular weight excluding hydrogens is 224 g/mol. The van der Waals surface area contributed by atoms with Crippen molar-refractivity contribution in [2.24, 2.45) is 5.73 Å². The van der Waals surface area contributed by atoms with Crippen molar-refractivity contribution in [3.63, 3.8) is 0 Å². The van der Waals surface area contributed by atoms with E-state index in [4.69, 9.17) is 5.73 Å². The Labute approximate surface area is 109 Å². The zero-order valence-electron chi connectivity index (χ0n) is 11.1. The fraction of sp³-hybridized carbons (Fsp3) is 0.533. The molecule has 98 valence electrons.